The van der Waals surface area contributed by atoms with Gasteiger partial charge in [-0.3, -0.25) is 0 Å². The van der Waals surface area contributed by atoms with Crippen molar-refractivity contribution in [2.24, 2.45) is 11.8 Å². The van der Waals surface area contributed by atoms with Crippen molar-refractivity contribution < 1.29 is 0 Å². The highest BCUT2D eigenvalue weighted by Crippen LogP contribution is 2.35. The van der Waals surface area contributed by atoms with Gasteiger partial charge in [0, 0.05) is 17.2 Å². The predicted molar refractivity (Wildman–Crippen MR) is 79.3 cm³/mol. The van der Waals surface area contributed by atoms with Crippen LogP contribution in [-0.2, 0) is 11.8 Å². The van der Waals surface area contributed by atoms with E-state index in [1.165, 1.54) is 42.9 Å². The zero-order valence-electron chi connectivity index (χ0n) is 12.1. The molecule has 0 spiro atoms. The first-order chi connectivity index (χ1) is 8.50. The molecule has 1 aromatic heterocycles. The lowest BCUT2D eigenvalue weighted by molar-refractivity contribution is 0.373. The summed E-state index contributed by atoms with van der Waals surface area (Å²) in [7, 11) is 2.07. The van der Waals surface area contributed by atoms with Crippen LogP contribution in [-0.4, -0.2) is 18.6 Å². The van der Waals surface area contributed by atoms with E-state index in [1.54, 1.807) is 0 Å². The van der Waals surface area contributed by atoms with Gasteiger partial charge in [-0.25, -0.2) is 4.98 Å². The van der Waals surface area contributed by atoms with Crippen molar-refractivity contribution >= 4 is 11.3 Å². The smallest absolute Gasteiger partial charge is 0.0931 e. The average Bonchev–Trinajstić information content (AvgIpc) is 2.89. The van der Waals surface area contributed by atoms with E-state index < -0.39 is 0 Å². The highest BCUT2D eigenvalue weighted by Gasteiger charge is 2.28. The van der Waals surface area contributed by atoms with Crippen LogP contribution in [0.15, 0.2) is 5.38 Å². The second kappa shape index (κ2) is 5.70. The summed E-state index contributed by atoms with van der Waals surface area (Å²) in [6.45, 7) is 7.89. The lowest BCUT2D eigenvalue weighted by Gasteiger charge is -2.18. The molecule has 1 aliphatic rings. The van der Waals surface area contributed by atoms with E-state index in [1.807, 2.05) is 11.3 Å². The molecule has 2 nitrogen and oxygen atoms in total. The first kappa shape index (κ1) is 14.0. The molecule has 102 valence electrons. The zero-order chi connectivity index (χ0) is 13.2. The highest BCUT2D eigenvalue weighted by atomic mass is 32.1. The molecule has 0 aliphatic heterocycles. The van der Waals surface area contributed by atoms with Gasteiger partial charge >= 0.3 is 0 Å². The fourth-order valence-electron chi connectivity index (χ4n) is 2.89. The lowest BCUT2D eigenvalue weighted by atomic mass is 9.92. The number of rotatable bonds is 4. The van der Waals surface area contributed by atoms with Gasteiger partial charge in [-0.15, -0.1) is 11.3 Å². The molecular weight excluding hydrogens is 240 g/mol. The Kier molecular flexibility index (Phi) is 4.44. The van der Waals surface area contributed by atoms with Crippen LogP contribution in [0.3, 0.4) is 0 Å². The summed E-state index contributed by atoms with van der Waals surface area (Å²) in [5.74, 6) is 1.70. The van der Waals surface area contributed by atoms with E-state index in [2.05, 4.69) is 38.5 Å². The van der Waals surface area contributed by atoms with Gasteiger partial charge in [0.25, 0.3) is 0 Å². The zero-order valence-corrected chi connectivity index (χ0v) is 12.9. The van der Waals surface area contributed by atoms with Crippen LogP contribution >= 0.6 is 11.3 Å². The van der Waals surface area contributed by atoms with Crippen molar-refractivity contribution in [3.63, 3.8) is 0 Å². The molecule has 0 radical (unpaired) electrons. The van der Waals surface area contributed by atoms with Crippen molar-refractivity contribution in [3.8, 4) is 0 Å². The molecule has 0 saturated heterocycles. The number of thiazole rings is 1. The molecular formula is C15H26N2S. The summed E-state index contributed by atoms with van der Waals surface area (Å²) in [4.78, 5) is 4.84. The summed E-state index contributed by atoms with van der Waals surface area (Å²) in [6, 6.07) is 0. The fourth-order valence-corrected chi connectivity index (χ4v) is 4.00. The van der Waals surface area contributed by atoms with Crippen molar-refractivity contribution in [2.45, 2.75) is 51.9 Å². The number of nitrogens with one attached hydrogen (secondary N) is 1. The van der Waals surface area contributed by atoms with Crippen LogP contribution in [0, 0.1) is 11.8 Å². The molecule has 1 saturated carbocycles. The van der Waals surface area contributed by atoms with E-state index in [-0.39, 0.29) is 5.41 Å². The largest absolute Gasteiger partial charge is 0.319 e. The standard InChI is InChI=1S/C15H26N2S/c1-15(2,3)13-10-18-14(17-13)8-11-6-5-7-12(11)9-16-4/h10-12,16H,5-9H2,1-4H3. The molecule has 18 heavy (non-hydrogen) atoms. The number of hydrogen-bond acceptors (Lipinski definition) is 3. The van der Waals surface area contributed by atoms with Crippen LogP contribution < -0.4 is 5.32 Å². The van der Waals surface area contributed by atoms with Crippen molar-refractivity contribution in [1.82, 2.24) is 10.3 Å². The fraction of sp³-hybridized carbons (Fsp3) is 0.800. The second-order valence-corrected chi connectivity index (χ2v) is 7.53. The first-order valence-corrected chi connectivity index (χ1v) is 7.98. The summed E-state index contributed by atoms with van der Waals surface area (Å²) in [6.07, 6.45) is 5.36. The Morgan fingerprint density at radius 2 is 2.06 bits per heavy atom. The SMILES string of the molecule is CNCC1CCCC1Cc1nc(C(C)(C)C)cs1. The Hall–Kier alpha value is -0.410. The third-order valence-corrected chi connectivity index (χ3v) is 4.91. The molecule has 1 N–H and O–H groups in total. The van der Waals surface area contributed by atoms with Crippen LogP contribution in [0.1, 0.15) is 50.7 Å². The Balaban J connectivity index is 1.99. The molecule has 1 aromatic rings. The average molecular weight is 266 g/mol. The number of nitrogens with zero attached hydrogens (tertiary/aromatic N) is 1. The van der Waals surface area contributed by atoms with Gasteiger partial charge in [-0.05, 0) is 38.3 Å². The second-order valence-electron chi connectivity index (χ2n) is 6.59. The van der Waals surface area contributed by atoms with E-state index in [0.29, 0.717) is 0 Å². The van der Waals surface area contributed by atoms with E-state index in [9.17, 15) is 0 Å². The van der Waals surface area contributed by atoms with Crippen LogP contribution in [0.5, 0.6) is 0 Å². The molecule has 1 aliphatic carbocycles. The van der Waals surface area contributed by atoms with Gasteiger partial charge in [-0.1, -0.05) is 27.2 Å². The molecule has 0 amide bonds. The molecule has 1 heterocycles. The van der Waals surface area contributed by atoms with E-state index in [4.69, 9.17) is 4.98 Å². The van der Waals surface area contributed by atoms with Gasteiger partial charge in [-0.2, -0.15) is 0 Å². The number of aromatic nitrogens is 1. The van der Waals surface area contributed by atoms with Crippen LogP contribution in [0.25, 0.3) is 0 Å². The molecule has 3 heteroatoms. The Labute approximate surface area is 115 Å². The molecule has 2 rings (SSSR count). The minimum Gasteiger partial charge on any atom is -0.319 e. The van der Waals surface area contributed by atoms with Crippen LogP contribution in [0.4, 0.5) is 0 Å². The normalized spacial score (nSPS) is 24.7. The van der Waals surface area contributed by atoms with Crippen molar-refractivity contribution in [2.75, 3.05) is 13.6 Å². The lowest BCUT2D eigenvalue weighted by Crippen LogP contribution is -2.23. The van der Waals surface area contributed by atoms with Gasteiger partial charge in [0.05, 0.1) is 10.7 Å². The third kappa shape index (κ3) is 3.33. The van der Waals surface area contributed by atoms with Gasteiger partial charge in [0.15, 0.2) is 0 Å². The maximum Gasteiger partial charge on any atom is 0.0931 e. The van der Waals surface area contributed by atoms with Crippen LogP contribution in [0.2, 0.25) is 0 Å². The van der Waals surface area contributed by atoms with Gasteiger partial charge in [0.2, 0.25) is 0 Å². The topological polar surface area (TPSA) is 24.9 Å². The first-order valence-electron chi connectivity index (χ1n) is 7.10. The maximum absolute atomic E-state index is 4.84. The van der Waals surface area contributed by atoms with Crippen molar-refractivity contribution in [1.29, 1.82) is 0 Å². The molecule has 2 unspecified atom stereocenters. The predicted octanol–water partition coefficient (Wildman–Crippen LogP) is 3.62. The third-order valence-electron chi connectivity index (χ3n) is 4.04. The summed E-state index contributed by atoms with van der Waals surface area (Å²) < 4.78 is 0. The Morgan fingerprint density at radius 1 is 1.33 bits per heavy atom. The molecule has 0 bridgehead atoms. The molecule has 0 aromatic carbocycles. The summed E-state index contributed by atoms with van der Waals surface area (Å²) in [5, 5.41) is 6.93. The minimum absolute atomic E-state index is 0.189. The molecule has 2 atom stereocenters. The molecule has 1 fully saturated rings. The van der Waals surface area contributed by atoms with Gasteiger partial charge < -0.3 is 5.32 Å². The highest BCUT2D eigenvalue weighted by molar-refractivity contribution is 7.09. The summed E-state index contributed by atoms with van der Waals surface area (Å²) >= 11 is 1.85. The quantitative estimate of drug-likeness (QED) is 0.900. The van der Waals surface area contributed by atoms with Gasteiger partial charge in [0.1, 0.15) is 0 Å². The minimum atomic E-state index is 0.189. The number of hydrogen-bond donors (Lipinski definition) is 1. The Morgan fingerprint density at radius 3 is 2.67 bits per heavy atom. The summed E-state index contributed by atoms with van der Waals surface area (Å²) in [5.41, 5.74) is 1.44. The monoisotopic (exact) mass is 266 g/mol. The van der Waals surface area contributed by atoms with E-state index >= 15 is 0 Å². The maximum atomic E-state index is 4.84. The Bertz CT molecular complexity index is 378. The van der Waals surface area contributed by atoms with E-state index in [0.717, 1.165) is 11.8 Å². The van der Waals surface area contributed by atoms with Crippen molar-refractivity contribution in [3.05, 3.63) is 16.1 Å².